The van der Waals surface area contributed by atoms with E-state index >= 15 is 0 Å². The van der Waals surface area contributed by atoms with Crippen LogP contribution in [0.5, 0.6) is 0 Å². The molecule has 0 bridgehead atoms. The normalized spacial score (nSPS) is 10.4. The fourth-order valence-electron chi connectivity index (χ4n) is 3.78. The average molecular weight is 457 g/mol. The lowest BCUT2D eigenvalue weighted by atomic mass is 10.1. The number of benzene rings is 3. The van der Waals surface area contributed by atoms with Crippen LogP contribution in [-0.4, -0.2) is 12.5 Å². The van der Waals surface area contributed by atoms with Crippen LogP contribution in [-0.2, 0) is 13.0 Å². The molecule has 0 heterocycles. The molecule has 0 aliphatic carbocycles. The fraction of sp³-hybridized carbons (Fsp3) is 0.300. The molecule has 3 aromatic rings. The third-order valence-electron chi connectivity index (χ3n) is 5.86. The molecule has 34 heavy (non-hydrogen) atoms. The van der Waals surface area contributed by atoms with Gasteiger partial charge in [-0.3, -0.25) is 0 Å². The van der Waals surface area contributed by atoms with Crippen LogP contribution in [0.25, 0.3) is 0 Å². The molecule has 0 atom stereocenters. The van der Waals surface area contributed by atoms with Crippen LogP contribution in [0.15, 0.2) is 66.7 Å². The predicted octanol–water partition coefficient (Wildman–Crippen LogP) is 5.74. The summed E-state index contributed by atoms with van der Waals surface area (Å²) in [4.78, 5) is 13.4. The highest BCUT2D eigenvalue weighted by atomic mass is 19.1. The van der Waals surface area contributed by atoms with Crippen molar-refractivity contribution in [2.45, 2.75) is 52.5 Å². The summed E-state index contributed by atoms with van der Waals surface area (Å²) in [6.45, 7) is 5.64. The van der Waals surface area contributed by atoms with E-state index in [0.29, 0.717) is 12.2 Å². The van der Waals surface area contributed by atoms with E-state index in [-0.39, 0.29) is 0 Å². The van der Waals surface area contributed by atoms with Crippen LogP contribution < -0.4 is 10.0 Å². The molecule has 0 N–H and O–H groups in total. The summed E-state index contributed by atoms with van der Waals surface area (Å²) in [7, 11) is 0. The van der Waals surface area contributed by atoms with Gasteiger partial charge in [-0.1, -0.05) is 69.2 Å². The lowest BCUT2D eigenvalue weighted by Gasteiger charge is -2.26. The summed E-state index contributed by atoms with van der Waals surface area (Å²) < 4.78 is 13.9. The van der Waals surface area contributed by atoms with Crippen LogP contribution in [0.3, 0.4) is 0 Å². The summed E-state index contributed by atoms with van der Waals surface area (Å²) in [6, 6.07) is 20.5. The van der Waals surface area contributed by atoms with Crippen molar-refractivity contribution in [3.63, 3.8) is 0 Å². The van der Waals surface area contributed by atoms with Gasteiger partial charge in [-0.15, -0.1) is 0 Å². The monoisotopic (exact) mass is 456 g/mol. The zero-order chi connectivity index (χ0) is 24.3. The standard InChI is InChI=1S/C30H32FNO2/c1-3-5-6-7-20-32(27-18-19-29(31)28(21-27)30(33)34)22-26-16-14-25(15-17-26)13-12-24-10-8-23(4-2)9-11-24/h8-11,14-19,21H,3-7,20,22H2,1-2H3,(H,33,34)/p-1. The molecule has 0 aliphatic rings. The van der Waals surface area contributed by atoms with Gasteiger partial charge in [0.25, 0.3) is 0 Å². The van der Waals surface area contributed by atoms with Gasteiger partial charge >= 0.3 is 0 Å². The van der Waals surface area contributed by atoms with E-state index in [2.05, 4.69) is 42.7 Å². The highest BCUT2D eigenvalue weighted by molar-refractivity contribution is 5.87. The maximum atomic E-state index is 13.9. The minimum Gasteiger partial charge on any atom is -0.545 e. The third-order valence-corrected chi connectivity index (χ3v) is 5.86. The smallest absolute Gasteiger partial charge is 0.132 e. The van der Waals surface area contributed by atoms with Gasteiger partial charge < -0.3 is 14.8 Å². The number of unbranched alkanes of at least 4 members (excludes halogenated alkanes) is 3. The Bertz CT molecular complexity index is 1140. The Labute approximate surface area is 202 Å². The first-order valence-corrected chi connectivity index (χ1v) is 12.0. The van der Waals surface area contributed by atoms with E-state index in [1.807, 2.05) is 36.4 Å². The summed E-state index contributed by atoms with van der Waals surface area (Å²) in [5, 5.41) is 11.3. The number of carbonyl (C=O) groups is 1. The van der Waals surface area contributed by atoms with Gasteiger partial charge in [-0.05, 0) is 66.4 Å². The molecule has 0 amide bonds. The van der Waals surface area contributed by atoms with Gasteiger partial charge in [-0.25, -0.2) is 4.39 Å². The fourth-order valence-corrected chi connectivity index (χ4v) is 3.78. The molecule has 3 aromatic carbocycles. The molecule has 0 saturated carbocycles. The minimum atomic E-state index is -1.50. The molecule has 0 fully saturated rings. The Morgan fingerprint density at radius 2 is 1.47 bits per heavy atom. The van der Waals surface area contributed by atoms with E-state index in [4.69, 9.17) is 0 Å². The van der Waals surface area contributed by atoms with Crippen LogP contribution in [0.1, 0.15) is 72.1 Å². The summed E-state index contributed by atoms with van der Waals surface area (Å²) in [5.74, 6) is 4.13. The first-order chi connectivity index (χ1) is 16.5. The molecule has 0 spiro atoms. The number of rotatable bonds is 10. The number of carboxylic acids is 1. The number of aromatic carboxylic acids is 1. The summed E-state index contributed by atoms with van der Waals surface area (Å²) in [5.41, 5.74) is 4.55. The molecular formula is C30H31FNO2-. The van der Waals surface area contributed by atoms with Gasteiger partial charge in [0.15, 0.2) is 0 Å². The summed E-state index contributed by atoms with van der Waals surface area (Å²) in [6.07, 6.45) is 5.37. The van der Waals surface area contributed by atoms with Crippen LogP contribution in [0, 0.1) is 17.7 Å². The van der Waals surface area contributed by atoms with Crippen molar-refractivity contribution in [2.24, 2.45) is 0 Å². The predicted molar refractivity (Wildman–Crippen MR) is 134 cm³/mol. The highest BCUT2D eigenvalue weighted by Gasteiger charge is 2.12. The molecular weight excluding hydrogens is 425 g/mol. The third kappa shape index (κ3) is 7.22. The van der Waals surface area contributed by atoms with Crippen LogP contribution in [0.4, 0.5) is 10.1 Å². The van der Waals surface area contributed by atoms with Gasteiger partial charge in [0.2, 0.25) is 0 Å². The lowest BCUT2D eigenvalue weighted by Crippen LogP contribution is -2.27. The molecule has 0 unspecified atom stereocenters. The number of aryl methyl sites for hydroxylation is 1. The second kappa shape index (κ2) is 12.6. The van der Waals surface area contributed by atoms with Crippen molar-refractivity contribution in [3.8, 4) is 11.8 Å². The maximum Gasteiger partial charge on any atom is 0.132 e. The number of anilines is 1. The van der Waals surface area contributed by atoms with Gasteiger partial charge in [-0.2, -0.15) is 0 Å². The number of carboxylic acid groups (broad SMARTS) is 1. The molecule has 4 heteroatoms. The topological polar surface area (TPSA) is 43.4 Å². The number of hydrogen-bond donors (Lipinski definition) is 0. The van der Waals surface area contributed by atoms with Crippen molar-refractivity contribution in [2.75, 3.05) is 11.4 Å². The Kier molecular flexibility index (Phi) is 9.29. The second-order valence-electron chi connectivity index (χ2n) is 8.43. The molecule has 0 aromatic heterocycles. The first kappa shape index (κ1) is 25.1. The SMILES string of the molecule is CCCCCCN(Cc1ccc(C#Cc2ccc(CC)cc2)cc1)c1ccc(F)c(C(=O)[O-])c1. The lowest BCUT2D eigenvalue weighted by molar-refractivity contribution is -0.255. The van der Waals surface area contributed by atoms with E-state index in [0.717, 1.165) is 55.3 Å². The van der Waals surface area contributed by atoms with E-state index in [9.17, 15) is 14.3 Å². The second-order valence-corrected chi connectivity index (χ2v) is 8.43. The maximum absolute atomic E-state index is 13.9. The van der Waals surface area contributed by atoms with Crippen molar-refractivity contribution < 1.29 is 14.3 Å². The van der Waals surface area contributed by atoms with Crippen LogP contribution >= 0.6 is 0 Å². The molecule has 0 saturated heterocycles. The van der Waals surface area contributed by atoms with Crippen molar-refractivity contribution in [1.82, 2.24) is 0 Å². The Balaban J connectivity index is 1.75. The van der Waals surface area contributed by atoms with Gasteiger partial charge in [0, 0.05) is 35.5 Å². The Hall–Kier alpha value is -3.58. The van der Waals surface area contributed by atoms with Crippen molar-refractivity contribution >= 4 is 11.7 Å². The zero-order valence-corrected chi connectivity index (χ0v) is 19.9. The number of carbonyl (C=O) groups excluding carboxylic acids is 1. The number of nitrogens with zero attached hydrogens (tertiary/aromatic N) is 1. The molecule has 0 aliphatic heterocycles. The van der Waals surface area contributed by atoms with Gasteiger partial charge in [0.05, 0.1) is 5.97 Å². The Morgan fingerprint density at radius 1 is 0.853 bits per heavy atom. The summed E-state index contributed by atoms with van der Waals surface area (Å²) >= 11 is 0. The zero-order valence-electron chi connectivity index (χ0n) is 19.9. The number of halogens is 1. The molecule has 176 valence electrons. The minimum absolute atomic E-state index is 0.409. The Morgan fingerprint density at radius 3 is 2.03 bits per heavy atom. The van der Waals surface area contributed by atoms with Crippen LogP contribution in [0.2, 0.25) is 0 Å². The van der Waals surface area contributed by atoms with E-state index in [1.54, 1.807) is 6.07 Å². The van der Waals surface area contributed by atoms with Crippen molar-refractivity contribution in [1.29, 1.82) is 0 Å². The molecule has 0 radical (unpaired) electrons. The van der Waals surface area contributed by atoms with E-state index in [1.165, 1.54) is 17.7 Å². The van der Waals surface area contributed by atoms with Crippen molar-refractivity contribution in [3.05, 3.63) is 100 Å². The van der Waals surface area contributed by atoms with E-state index < -0.39 is 17.3 Å². The largest absolute Gasteiger partial charge is 0.545 e. The first-order valence-electron chi connectivity index (χ1n) is 12.0. The van der Waals surface area contributed by atoms with Gasteiger partial charge in [0.1, 0.15) is 5.82 Å². The quantitative estimate of drug-likeness (QED) is 0.289. The molecule has 3 rings (SSSR count). The highest BCUT2D eigenvalue weighted by Crippen LogP contribution is 2.22. The average Bonchev–Trinajstić information content (AvgIpc) is 2.86. The molecule has 3 nitrogen and oxygen atoms in total. The number of hydrogen-bond acceptors (Lipinski definition) is 3.